The van der Waals surface area contributed by atoms with E-state index in [0.717, 1.165) is 0 Å². The Balaban J connectivity index is 2.52. The van der Waals surface area contributed by atoms with Gasteiger partial charge in [-0.3, -0.25) is 20.4 Å². The predicted molar refractivity (Wildman–Crippen MR) is 110 cm³/mol. The first kappa shape index (κ1) is 23.1. The number of nitrogens with two attached hydrogens (primary N) is 2. The van der Waals surface area contributed by atoms with E-state index in [9.17, 15) is 9.59 Å². The molecule has 10 heteroatoms. The molecule has 0 aliphatic rings. The Morgan fingerprint density at radius 2 is 1.13 bits per heavy atom. The van der Waals surface area contributed by atoms with Crippen LogP contribution in [0.1, 0.15) is 20.7 Å². The number of carbonyl (C=O) groups is 2. The lowest BCUT2D eigenvalue weighted by Gasteiger charge is -2.17. The summed E-state index contributed by atoms with van der Waals surface area (Å²) in [4.78, 5) is 23.9. The molecule has 0 bridgehead atoms. The number of hydrogen-bond acceptors (Lipinski definition) is 8. The minimum atomic E-state index is -0.454. The second-order valence-corrected chi connectivity index (χ2v) is 6.05. The molecule has 162 valence electrons. The number of benzene rings is 2. The van der Waals surface area contributed by atoms with E-state index in [2.05, 4.69) is 10.9 Å². The van der Waals surface area contributed by atoms with E-state index >= 15 is 0 Å². The lowest BCUT2D eigenvalue weighted by Crippen LogP contribution is -2.30. The zero-order valence-corrected chi connectivity index (χ0v) is 16.9. The first-order chi connectivity index (χ1) is 14.5. The topological polar surface area (TPSA) is 147 Å². The molecule has 2 aromatic rings. The highest BCUT2D eigenvalue weighted by atomic mass is 16.5. The van der Waals surface area contributed by atoms with Gasteiger partial charge in [0.05, 0.1) is 13.2 Å². The SMILES string of the molecule is COCCOc1cc(C(=O)NN)ccc1-c1ccc(C(=O)NN)cc1OCCOC. The van der Waals surface area contributed by atoms with Crippen LogP contribution in [0.25, 0.3) is 11.1 Å². The van der Waals surface area contributed by atoms with Gasteiger partial charge in [0.15, 0.2) is 0 Å². The summed E-state index contributed by atoms with van der Waals surface area (Å²) in [7, 11) is 3.12. The largest absolute Gasteiger partial charge is 0.491 e. The minimum Gasteiger partial charge on any atom is -0.491 e. The lowest BCUT2D eigenvalue weighted by atomic mass is 9.99. The Morgan fingerprint density at radius 3 is 1.47 bits per heavy atom. The summed E-state index contributed by atoms with van der Waals surface area (Å²) in [5.41, 5.74) is 6.16. The van der Waals surface area contributed by atoms with Gasteiger partial charge in [-0.05, 0) is 36.4 Å². The van der Waals surface area contributed by atoms with Crippen LogP contribution < -0.4 is 32.0 Å². The van der Waals surface area contributed by atoms with Gasteiger partial charge in [0.25, 0.3) is 11.8 Å². The van der Waals surface area contributed by atoms with Crippen LogP contribution in [0.15, 0.2) is 36.4 Å². The van der Waals surface area contributed by atoms with Crippen molar-refractivity contribution in [3.05, 3.63) is 47.5 Å². The first-order valence-corrected chi connectivity index (χ1v) is 9.09. The number of hydrogen-bond donors (Lipinski definition) is 4. The summed E-state index contributed by atoms with van der Waals surface area (Å²) in [5.74, 6) is 10.4. The molecule has 0 heterocycles. The van der Waals surface area contributed by atoms with Gasteiger partial charge in [0, 0.05) is 36.5 Å². The maximum atomic E-state index is 11.9. The zero-order chi connectivity index (χ0) is 21.9. The van der Waals surface area contributed by atoms with Crippen LogP contribution in [0.4, 0.5) is 0 Å². The average molecular weight is 418 g/mol. The summed E-state index contributed by atoms with van der Waals surface area (Å²) in [6, 6.07) is 9.81. The van der Waals surface area contributed by atoms with Gasteiger partial charge >= 0.3 is 0 Å². The number of methoxy groups -OCH3 is 2. The minimum absolute atomic E-state index is 0.269. The Kier molecular flexibility index (Phi) is 9.03. The molecule has 2 amide bonds. The molecule has 30 heavy (non-hydrogen) atoms. The number of ether oxygens (including phenoxy) is 4. The van der Waals surface area contributed by atoms with E-state index in [4.69, 9.17) is 30.6 Å². The van der Waals surface area contributed by atoms with Crippen molar-refractivity contribution in [2.45, 2.75) is 0 Å². The normalized spacial score (nSPS) is 10.4. The van der Waals surface area contributed by atoms with E-state index in [1.165, 1.54) is 0 Å². The molecule has 2 aromatic carbocycles. The third-order valence-corrected chi connectivity index (χ3v) is 4.13. The molecule has 2 rings (SSSR count). The van der Waals surface area contributed by atoms with Crippen molar-refractivity contribution in [1.82, 2.24) is 10.9 Å². The summed E-state index contributed by atoms with van der Waals surface area (Å²) in [6.45, 7) is 1.26. The Hall–Kier alpha value is -3.18. The molecule has 0 saturated heterocycles. The fourth-order valence-electron chi connectivity index (χ4n) is 2.65. The van der Waals surface area contributed by atoms with Gasteiger partial charge in [-0.2, -0.15) is 0 Å². The van der Waals surface area contributed by atoms with Crippen molar-refractivity contribution in [3.63, 3.8) is 0 Å². The van der Waals surface area contributed by atoms with Crippen molar-refractivity contribution in [2.24, 2.45) is 11.7 Å². The van der Waals surface area contributed by atoms with Crippen LogP contribution in [0.5, 0.6) is 11.5 Å². The summed E-state index contributed by atoms with van der Waals surface area (Å²) >= 11 is 0. The van der Waals surface area contributed by atoms with Gasteiger partial charge in [-0.1, -0.05) is 0 Å². The Labute approximate surface area is 174 Å². The maximum absolute atomic E-state index is 11.9. The molecular formula is C20H26N4O6. The van der Waals surface area contributed by atoms with Gasteiger partial charge < -0.3 is 18.9 Å². The van der Waals surface area contributed by atoms with Crippen LogP contribution in [-0.2, 0) is 9.47 Å². The highest BCUT2D eigenvalue weighted by molar-refractivity contribution is 5.97. The molecule has 10 nitrogen and oxygen atoms in total. The predicted octanol–water partition coefficient (Wildman–Crippen LogP) is 0.611. The smallest absolute Gasteiger partial charge is 0.265 e. The molecule has 0 aliphatic heterocycles. The van der Waals surface area contributed by atoms with Crippen molar-refractivity contribution in [3.8, 4) is 22.6 Å². The van der Waals surface area contributed by atoms with Crippen LogP contribution in [0.2, 0.25) is 0 Å². The van der Waals surface area contributed by atoms with E-state index < -0.39 is 11.8 Å². The van der Waals surface area contributed by atoms with Gasteiger partial charge in [-0.25, -0.2) is 11.7 Å². The standard InChI is InChI=1S/C20H26N4O6/c1-27-7-9-29-17-11-13(19(25)23-21)3-5-15(17)16-6-4-14(20(26)24-22)12-18(16)30-10-8-28-2/h3-6,11-12H,7-10,21-22H2,1-2H3,(H,23,25)(H,24,26). The third kappa shape index (κ3) is 5.91. The number of nitrogen functional groups attached to an aromatic ring is 2. The van der Waals surface area contributed by atoms with Gasteiger partial charge in [-0.15, -0.1) is 0 Å². The van der Waals surface area contributed by atoms with Crippen LogP contribution in [0, 0.1) is 0 Å². The third-order valence-electron chi connectivity index (χ3n) is 4.13. The first-order valence-electron chi connectivity index (χ1n) is 9.09. The molecule has 0 radical (unpaired) electrons. The van der Waals surface area contributed by atoms with Crippen molar-refractivity contribution in [2.75, 3.05) is 40.6 Å². The second kappa shape index (κ2) is 11.7. The Bertz CT molecular complexity index is 803. The van der Waals surface area contributed by atoms with Crippen molar-refractivity contribution >= 4 is 11.8 Å². The number of nitrogens with one attached hydrogen (secondary N) is 2. The van der Waals surface area contributed by atoms with Gasteiger partial charge in [0.1, 0.15) is 24.7 Å². The summed E-state index contributed by atoms with van der Waals surface area (Å²) < 4.78 is 21.7. The molecular weight excluding hydrogens is 392 g/mol. The van der Waals surface area contributed by atoms with E-state index in [1.54, 1.807) is 50.6 Å². The average Bonchev–Trinajstić information content (AvgIpc) is 2.78. The quantitative estimate of drug-likeness (QED) is 0.180. The number of amides is 2. The van der Waals surface area contributed by atoms with E-state index in [0.29, 0.717) is 47.0 Å². The number of hydrazine groups is 2. The summed E-state index contributed by atoms with van der Waals surface area (Å²) in [6.07, 6.45) is 0. The molecule has 6 N–H and O–H groups in total. The van der Waals surface area contributed by atoms with E-state index in [1.807, 2.05) is 0 Å². The van der Waals surface area contributed by atoms with E-state index in [-0.39, 0.29) is 13.2 Å². The highest BCUT2D eigenvalue weighted by Gasteiger charge is 2.17. The number of rotatable bonds is 11. The molecule has 0 saturated carbocycles. The highest BCUT2D eigenvalue weighted by Crippen LogP contribution is 2.38. The van der Waals surface area contributed by atoms with Crippen LogP contribution in [-0.4, -0.2) is 52.5 Å². The molecule has 0 fully saturated rings. The fraction of sp³-hybridized carbons (Fsp3) is 0.300. The molecule has 0 atom stereocenters. The molecule has 0 spiro atoms. The van der Waals surface area contributed by atoms with Crippen LogP contribution in [0.3, 0.4) is 0 Å². The van der Waals surface area contributed by atoms with Gasteiger partial charge in [0.2, 0.25) is 0 Å². The molecule has 0 aromatic heterocycles. The van der Waals surface area contributed by atoms with Crippen LogP contribution >= 0.6 is 0 Å². The zero-order valence-electron chi connectivity index (χ0n) is 16.9. The Morgan fingerprint density at radius 1 is 0.733 bits per heavy atom. The maximum Gasteiger partial charge on any atom is 0.265 e. The monoisotopic (exact) mass is 418 g/mol. The molecule has 0 aliphatic carbocycles. The lowest BCUT2D eigenvalue weighted by molar-refractivity contribution is 0.0945. The van der Waals surface area contributed by atoms with Crippen molar-refractivity contribution < 1.29 is 28.5 Å². The van der Waals surface area contributed by atoms with Crippen molar-refractivity contribution in [1.29, 1.82) is 0 Å². The molecule has 0 unspecified atom stereocenters. The summed E-state index contributed by atoms with van der Waals surface area (Å²) in [5, 5.41) is 0. The second-order valence-electron chi connectivity index (χ2n) is 6.05. The fourth-order valence-corrected chi connectivity index (χ4v) is 2.65. The number of carbonyl (C=O) groups excluding carboxylic acids is 2.